The Morgan fingerprint density at radius 3 is 2.47 bits per heavy atom. The van der Waals surface area contributed by atoms with Crippen molar-refractivity contribution in [2.75, 3.05) is 18.2 Å². The molecule has 0 spiro atoms. The minimum Gasteiger partial charge on any atom is -0.490 e. The Morgan fingerprint density at radius 2 is 1.89 bits per heavy atom. The van der Waals surface area contributed by atoms with E-state index in [0.29, 0.717) is 17.1 Å². The zero-order valence-corrected chi connectivity index (χ0v) is 10.3. The van der Waals surface area contributed by atoms with Gasteiger partial charge in [-0.05, 0) is 36.4 Å². The van der Waals surface area contributed by atoms with Crippen LogP contribution < -0.4 is 15.8 Å². The molecule has 0 heterocycles. The molecule has 0 radical (unpaired) electrons. The molecule has 0 saturated heterocycles. The lowest BCUT2D eigenvalue weighted by Gasteiger charge is -2.09. The number of nitrogens with two attached hydrogens (primary N) is 1. The maximum absolute atomic E-state index is 11.1. The Kier molecular flexibility index (Phi) is 3.51. The van der Waals surface area contributed by atoms with Crippen molar-refractivity contribution in [1.29, 1.82) is 0 Å². The average molecular weight is 259 g/mol. The second kappa shape index (κ2) is 5.26. The molecule has 3 N–H and O–H groups in total. The van der Waals surface area contributed by atoms with Crippen LogP contribution >= 0.6 is 0 Å². The van der Waals surface area contributed by atoms with Crippen molar-refractivity contribution in [2.45, 2.75) is 0 Å². The van der Waals surface area contributed by atoms with Crippen molar-refractivity contribution in [3.63, 3.8) is 0 Å². The van der Waals surface area contributed by atoms with Crippen LogP contribution in [0.25, 0.3) is 0 Å². The van der Waals surface area contributed by atoms with Gasteiger partial charge in [-0.3, -0.25) is 10.1 Å². The van der Waals surface area contributed by atoms with Crippen molar-refractivity contribution >= 4 is 22.7 Å². The molecule has 0 aliphatic heterocycles. The molecule has 0 aliphatic rings. The smallest absolute Gasteiger partial charge is 0.334 e. The molecular weight excluding hydrogens is 246 g/mol. The minimum absolute atomic E-state index is 0.0955. The van der Waals surface area contributed by atoms with Crippen LogP contribution in [0.1, 0.15) is 0 Å². The van der Waals surface area contributed by atoms with E-state index in [0.717, 1.165) is 0 Å². The summed E-state index contributed by atoms with van der Waals surface area (Å²) in [6.45, 7) is 0. The largest absolute Gasteiger partial charge is 0.490 e. The van der Waals surface area contributed by atoms with Gasteiger partial charge in [-0.15, -0.1) is 0 Å². The lowest BCUT2D eigenvalue weighted by molar-refractivity contribution is -0.384. The first-order valence-electron chi connectivity index (χ1n) is 5.56. The van der Waals surface area contributed by atoms with Crippen molar-refractivity contribution in [1.82, 2.24) is 0 Å². The zero-order chi connectivity index (χ0) is 13.8. The summed E-state index contributed by atoms with van der Waals surface area (Å²) in [5.74, 6) is 0.213. The van der Waals surface area contributed by atoms with Gasteiger partial charge in [-0.2, -0.15) is 0 Å². The first-order chi connectivity index (χ1) is 9.11. The highest BCUT2D eigenvalue weighted by molar-refractivity contribution is 5.74. The molecule has 0 saturated carbocycles. The Bertz CT molecular complexity index is 597. The molecular formula is C13H13N3O3. The highest BCUT2D eigenvalue weighted by Gasteiger charge is 2.20. The second-order valence-electron chi connectivity index (χ2n) is 3.86. The molecule has 2 aromatic carbocycles. The van der Waals surface area contributed by atoms with Gasteiger partial charge in [0.05, 0.1) is 12.0 Å². The van der Waals surface area contributed by atoms with Crippen molar-refractivity contribution in [2.24, 2.45) is 0 Å². The minimum atomic E-state index is -0.474. The van der Waals surface area contributed by atoms with Crippen molar-refractivity contribution in [3.05, 3.63) is 52.6 Å². The van der Waals surface area contributed by atoms with Crippen LogP contribution in [0.15, 0.2) is 42.5 Å². The van der Waals surface area contributed by atoms with Crippen LogP contribution in [-0.2, 0) is 0 Å². The highest BCUT2D eigenvalue weighted by atomic mass is 16.6. The number of nitro benzene ring substituents is 1. The summed E-state index contributed by atoms with van der Waals surface area (Å²) in [5.41, 5.74) is 7.21. The fraction of sp³-hybridized carbons (Fsp3) is 0.0769. The predicted octanol–water partition coefficient (Wildman–Crippen LogP) is 2.93. The van der Waals surface area contributed by atoms with Gasteiger partial charge in [0, 0.05) is 11.4 Å². The molecule has 2 rings (SSSR count). The maximum atomic E-state index is 11.1. The number of anilines is 3. The van der Waals surface area contributed by atoms with E-state index in [4.69, 9.17) is 10.5 Å². The molecule has 98 valence electrons. The fourth-order valence-corrected chi connectivity index (χ4v) is 1.70. The van der Waals surface area contributed by atoms with E-state index >= 15 is 0 Å². The molecule has 0 bridgehead atoms. The molecule has 0 atom stereocenters. The molecule has 6 nitrogen and oxygen atoms in total. The van der Waals surface area contributed by atoms with Gasteiger partial charge in [0.1, 0.15) is 5.69 Å². The van der Waals surface area contributed by atoms with E-state index in [1.807, 2.05) is 0 Å². The van der Waals surface area contributed by atoms with Gasteiger partial charge in [-0.1, -0.05) is 6.07 Å². The van der Waals surface area contributed by atoms with Gasteiger partial charge >= 0.3 is 5.69 Å². The van der Waals surface area contributed by atoms with Crippen LogP contribution in [0.3, 0.4) is 0 Å². The number of rotatable bonds is 4. The molecule has 0 unspecified atom stereocenters. The Balaban J connectivity index is 2.39. The number of hydrogen-bond acceptors (Lipinski definition) is 5. The lowest BCUT2D eigenvalue weighted by Crippen LogP contribution is -1.99. The first kappa shape index (κ1) is 12.7. The third kappa shape index (κ3) is 2.74. The van der Waals surface area contributed by atoms with Gasteiger partial charge < -0.3 is 15.8 Å². The van der Waals surface area contributed by atoms with Gasteiger partial charge in [0.2, 0.25) is 0 Å². The van der Waals surface area contributed by atoms with E-state index in [9.17, 15) is 10.1 Å². The average Bonchev–Trinajstić information content (AvgIpc) is 2.40. The van der Waals surface area contributed by atoms with Gasteiger partial charge in [0.25, 0.3) is 0 Å². The van der Waals surface area contributed by atoms with E-state index in [-0.39, 0.29) is 11.4 Å². The van der Waals surface area contributed by atoms with Crippen LogP contribution in [0.2, 0.25) is 0 Å². The third-order valence-electron chi connectivity index (χ3n) is 2.59. The summed E-state index contributed by atoms with van der Waals surface area (Å²) in [7, 11) is 1.40. The van der Waals surface area contributed by atoms with Crippen molar-refractivity contribution in [3.8, 4) is 5.75 Å². The van der Waals surface area contributed by atoms with E-state index in [1.165, 1.54) is 7.11 Å². The van der Waals surface area contributed by atoms with Crippen molar-refractivity contribution < 1.29 is 9.66 Å². The zero-order valence-electron chi connectivity index (χ0n) is 10.3. The first-order valence-corrected chi connectivity index (χ1v) is 5.56. The summed E-state index contributed by atoms with van der Waals surface area (Å²) in [4.78, 5) is 10.6. The fourth-order valence-electron chi connectivity index (χ4n) is 1.70. The van der Waals surface area contributed by atoms with E-state index in [2.05, 4.69) is 5.32 Å². The number of nitro groups is 1. The monoisotopic (exact) mass is 259 g/mol. The highest BCUT2D eigenvalue weighted by Crippen LogP contribution is 2.36. The predicted molar refractivity (Wildman–Crippen MR) is 73.8 cm³/mol. The number of ether oxygens (including phenoxy) is 1. The Labute approximate surface area is 110 Å². The van der Waals surface area contributed by atoms with Crippen LogP contribution in [0.4, 0.5) is 22.7 Å². The number of hydrogen-bond donors (Lipinski definition) is 2. The molecule has 19 heavy (non-hydrogen) atoms. The molecule has 0 aliphatic carbocycles. The number of nitrogens with one attached hydrogen (secondary N) is 1. The standard InChI is InChI=1S/C13H13N3O3/c1-19-12-4-2-3-11(13(12)16(17)18)15-10-7-5-9(14)6-8-10/h2-8,15H,14H2,1H3. The Hall–Kier alpha value is -2.76. The summed E-state index contributed by atoms with van der Waals surface area (Å²) in [6.07, 6.45) is 0. The number of nitrogens with zero attached hydrogens (tertiary/aromatic N) is 1. The van der Waals surface area contributed by atoms with Crippen LogP contribution in [0.5, 0.6) is 5.75 Å². The van der Waals surface area contributed by atoms with E-state index in [1.54, 1.807) is 42.5 Å². The summed E-state index contributed by atoms with van der Waals surface area (Å²) in [5, 5.41) is 14.1. The van der Waals surface area contributed by atoms with Crippen LogP contribution in [0, 0.1) is 10.1 Å². The SMILES string of the molecule is COc1cccc(Nc2ccc(N)cc2)c1[N+](=O)[O-]. The molecule has 0 amide bonds. The normalized spacial score (nSPS) is 9.95. The van der Waals surface area contributed by atoms with Crippen LogP contribution in [-0.4, -0.2) is 12.0 Å². The molecule has 6 heteroatoms. The number of para-hydroxylation sites is 1. The molecule has 2 aromatic rings. The van der Waals surface area contributed by atoms with E-state index < -0.39 is 4.92 Å². The van der Waals surface area contributed by atoms with Gasteiger partial charge in [-0.25, -0.2) is 0 Å². The van der Waals surface area contributed by atoms with Gasteiger partial charge in [0.15, 0.2) is 5.75 Å². The number of nitrogen functional groups attached to an aromatic ring is 1. The number of benzene rings is 2. The maximum Gasteiger partial charge on any atom is 0.334 e. The number of methoxy groups -OCH3 is 1. The summed E-state index contributed by atoms with van der Waals surface area (Å²) >= 11 is 0. The summed E-state index contributed by atoms with van der Waals surface area (Å²) < 4.78 is 5.00. The molecule has 0 aromatic heterocycles. The molecule has 0 fully saturated rings. The third-order valence-corrected chi connectivity index (χ3v) is 2.59. The topological polar surface area (TPSA) is 90.4 Å². The Morgan fingerprint density at radius 1 is 1.21 bits per heavy atom. The quantitative estimate of drug-likeness (QED) is 0.500. The second-order valence-corrected chi connectivity index (χ2v) is 3.86. The summed E-state index contributed by atoms with van der Waals surface area (Å²) in [6, 6.07) is 11.8. The lowest BCUT2D eigenvalue weighted by atomic mass is 10.2.